The number of rotatable bonds is 5. The third-order valence-corrected chi connectivity index (χ3v) is 7.93. The zero-order valence-electron chi connectivity index (χ0n) is 15.1. The maximum atomic E-state index is 4.53. The van der Waals surface area contributed by atoms with Crippen molar-refractivity contribution in [3.05, 3.63) is 24.3 Å². The molecule has 0 radical (unpaired) electrons. The maximum absolute atomic E-state index is 4.53. The molecule has 0 amide bonds. The molecule has 0 bridgehead atoms. The number of H-pyrrole nitrogens is 1. The Morgan fingerprint density at radius 1 is 1.19 bits per heavy atom. The molecule has 5 rings (SSSR count). The zero-order valence-corrected chi connectivity index (χ0v) is 16.1. The number of aromatic amines is 1. The van der Waals surface area contributed by atoms with Gasteiger partial charge in [-0.15, -0.1) is 13.7 Å². The lowest BCUT2D eigenvalue weighted by molar-refractivity contribution is 0.312. The van der Waals surface area contributed by atoms with Crippen molar-refractivity contribution in [2.45, 2.75) is 50.1 Å². The maximum Gasteiger partial charge on any atom is 0.141 e. The molecule has 138 valence electrons. The van der Waals surface area contributed by atoms with Crippen LogP contribution < -0.4 is 5.32 Å². The highest BCUT2D eigenvalue weighted by molar-refractivity contribution is 7.39. The van der Waals surface area contributed by atoms with Crippen molar-refractivity contribution in [2.75, 3.05) is 19.3 Å². The van der Waals surface area contributed by atoms with Gasteiger partial charge in [-0.25, -0.2) is 9.50 Å². The van der Waals surface area contributed by atoms with Gasteiger partial charge in [-0.2, -0.15) is 0 Å². The molecule has 1 saturated heterocycles. The molecule has 0 spiro atoms. The van der Waals surface area contributed by atoms with Crippen LogP contribution in [0.5, 0.6) is 0 Å². The normalized spacial score (nSPS) is 27.8. The van der Waals surface area contributed by atoms with E-state index in [9.17, 15) is 0 Å². The van der Waals surface area contributed by atoms with E-state index < -0.39 is 0 Å². The summed E-state index contributed by atoms with van der Waals surface area (Å²) >= 11 is 0. The van der Waals surface area contributed by atoms with Crippen molar-refractivity contribution >= 4 is 25.1 Å². The van der Waals surface area contributed by atoms with E-state index in [4.69, 9.17) is 0 Å². The average Bonchev–Trinajstić information content (AvgIpc) is 3.41. The molecular weight excluding hydrogens is 343 g/mol. The monoisotopic (exact) mass is 370 g/mol. The quantitative estimate of drug-likeness (QED) is 0.676. The molecule has 0 aromatic carbocycles. The Balaban J connectivity index is 1.23. The first-order chi connectivity index (χ1) is 12.9. The smallest absolute Gasteiger partial charge is 0.141 e. The zero-order chi connectivity index (χ0) is 17.3. The van der Waals surface area contributed by atoms with Crippen molar-refractivity contribution < 1.29 is 0 Å². The number of hydrogen-bond donors (Lipinski definition) is 2. The standard InChI is InChI=1S/C19H27N6P/c1-2-15(26-9-1)11-20-10-13-3-5-14(6-4-13)17-18-16-7-8-21-19(16)22-12-25(18)24-23-17/h7-8,12-15,20-21,26H,1-6,9-11H2/t13?,14?,15-/m1/s1. The van der Waals surface area contributed by atoms with Crippen molar-refractivity contribution in [2.24, 2.45) is 5.92 Å². The van der Waals surface area contributed by atoms with Gasteiger partial charge in [0.25, 0.3) is 0 Å². The third-order valence-electron chi connectivity index (χ3n) is 6.22. The minimum Gasteiger partial charge on any atom is -0.346 e. The van der Waals surface area contributed by atoms with Crippen molar-refractivity contribution in [3.8, 4) is 0 Å². The van der Waals surface area contributed by atoms with Gasteiger partial charge in [-0.1, -0.05) is 5.21 Å². The van der Waals surface area contributed by atoms with Crippen LogP contribution in [0, 0.1) is 5.92 Å². The second kappa shape index (κ2) is 7.24. The van der Waals surface area contributed by atoms with Gasteiger partial charge in [0, 0.05) is 24.0 Å². The molecule has 1 saturated carbocycles. The summed E-state index contributed by atoms with van der Waals surface area (Å²) in [7, 11) is 1.20. The van der Waals surface area contributed by atoms with E-state index in [0.29, 0.717) is 5.92 Å². The molecule has 26 heavy (non-hydrogen) atoms. The van der Waals surface area contributed by atoms with Crippen LogP contribution in [0.25, 0.3) is 16.6 Å². The fraction of sp³-hybridized carbons (Fsp3) is 0.632. The van der Waals surface area contributed by atoms with Gasteiger partial charge in [0.15, 0.2) is 0 Å². The summed E-state index contributed by atoms with van der Waals surface area (Å²) in [6.45, 7) is 2.44. The topological polar surface area (TPSA) is 70.9 Å². The first kappa shape index (κ1) is 16.6. The molecular formula is C19H27N6P. The summed E-state index contributed by atoms with van der Waals surface area (Å²) in [6, 6.07) is 2.09. The summed E-state index contributed by atoms with van der Waals surface area (Å²) in [6.07, 6.45) is 13.1. The molecule has 2 N–H and O–H groups in total. The Hall–Kier alpha value is -1.52. The lowest BCUT2D eigenvalue weighted by Crippen LogP contribution is -2.30. The predicted molar refractivity (Wildman–Crippen MR) is 106 cm³/mol. The van der Waals surface area contributed by atoms with Crippen LogP contribution in [0.3, 0.4) is 0 Å². The minimum atomic E-state index is 0.528. The van der Waals surface area contributed by atoms with Gasteiger partial charge in [0.1, 0.15) is 17.5 Å². The summed E-state index contributed by atoms with van der Waals surface area (Å²) in [5.74, 6) is 1.35. The predicted octanol–water partition coefficient (Wildman–Crippen LogP) is 3.31. The van der Waals surface area contributed by atoms with Crippen LogP contribution >= 0.6 is 8.58 Å². The Morgan fingerprint density at radius 3 is 2.96 bits per heavy atom. The number of hydrogen-bond acceptors (Lipinski definition) is 4. The molecule has 1 aliphatic heterocycles. The molecule has 6 nitrogen and oxygen atoms in total. The largest absolute Gasteiger partial charge is 0.346 e. The van der Waals surface area contributed by atoms with E-state index in [2.05, 4.69) is 31.7 Å². The van der Waals surface area contributed by atoms with Crippen molar-refractivity contribution in [1.82, 2.24) is 30.1 Å². The SMILES string of the molecule is c1cc2c(ncn3nnc(C4CCC(CNC[C@H]5CCCP5)CC4)c23)[nH]1. The van der Waals surface area contributed by atoms with Crippen LogP contribution in [0.1, 0.15) is 50.1 Å². The highest BCUT2D eigenvalue weighted by atomic mass is 31.1. The van der Waals surface area contributed by atoms with E-state index in [0.717, 1.165) is 33.8 Å². The van der Waals surface area contributed by atoms with Crippen LogP contribution in [0.15, 0.2) is 18.6 Å². The van der Waals surface area contributed by atoms with E-state index in [1.807, 2.05) is 10.7 Å². The van der Waals surface area contributed by atoms with Gasteiger partial charge in [-0.3, -0.25) is 0 Å². The third kappa shape index (κ3) is 3.14. The summed E-state index contributed by atoms with van der Waals surface area (Å²) in [4.78, 5) is 7.60. The first-order valence-corrected chi connectivity index (χ1v) is 11.3. The van der Waals surface area contributed by atoms with Crippen molar-refractivity contribution in [3.63, 3.8) is 0 Å². The van der Waals surface area contributed by atoms with E-state index in [-0.39, 0.29) is 0 Å². The van der Waals surface area contributed by atoms with Crippen LogP contribution in [-0.4, -0.2) is 49.7 Å². The Labute approximate surface area is 155 Å². The lowest BCUT2D eigenvalue weighted by Gasteiger charge is -2.28. The highest BCUT2D eigenvalue weighted by Gasteiger charge is 2.27. The van der Waals surface area contributed by atoms with E-state index >= 15 is 0 Å². The summed E-state index contributed by atoms with van der Waals surface area (Å²) in [5, 5.41) is 13.7. The van der Waals surface area contributed by atoms with Crippen LogP contribution in [0.2, 0.25) is 0 Å². The molecule has 3 aromatic rings. The molecule has 1 aliphatic carbocycles. The minimum absolute atomic E-state index is 0.528. The molecule has 2 atom stereocenters. The van der Waals surface area contributed by atoms with E-state index in [1.54, 1.807) is 6.33 Å². The summed E-state index contributed by atoms with van der Waals surface area (Å²) in [5.41, 5.74) is 4.19. The average molecular weight is 370 g/mol. The molecule has 4 heterocycles. The van der Waals surface area contributed by atoms with Gasteiger partial charge >= 0.3 is 0 Å². The highest BCUT2D eigenvalue weighted by Crippen LogP contribution is 2.37. The Morgan fingerprint density at radius 2 is 2.12 bits per heavy atom. The number of aromatic nitrogens is 5. The Bertz CT molecular complexity index is 873. The number of fused-ring (bicyclic) bond motifs is 3. The number of nitrogens with zero attached hydrogens (tertiary/aromatic N) is 4. The van der Waals surface area contributed by atoms with Crippen molar-refractivity contribution in [1.29, 1.82) is 0 Å². The van der Waals surface area contributed by atoms with Crippen LogP contribution in [0.4, 0.5) is 0 Å². The van der Waals surface area contributed by atoms with E-state index in [1.165, 1.54) is 66.4 Å². The first-order valence-electron chi connectivity index (χ1n) is 9.99. The molecule has 3 aromatic heterocycles. The number of nitrogens with one attached hydrogen (secondary N) is 2. The molecule has 2 fully saturated rings. The summed E-state index contributed by atoms with van der Waals surface area (Å²) < 4.78 is 1.83. The molecule has 1 unspecified atom stereocenters. The fourth-order valence-electron chi connectivity index (χ4n) is 4.73. The second-order valence-electron chi connectivity index (χ2n) is 7.92. The fourth-order valence-corrected chi connectivity index (χ4v) is 6.24. The Kier molecular flexibility index (Phi) is 4.63. The molecule has 7 heteroatoms. The van der Waals surface area contributed by atoms with Crippen LogP contribution in [-0.2, 0) is 0 Å². The van der Waals surface area contributed by atoms with Gasteiger partial charge in [-0.05, 0) is 68.9 Å². The lowest BCUT2D eigenvalue weighted by atomic mass is 9.80. The van der Waals surface area contributed by atoms with Gasteiger partial charge in [0.05, 0.1) is 5.69 Å². The van der Waals surface area contributed by atoms with Gasteiger partial charge in [0.2, 0.25) is 0 Å². The van der Waals surface area contributed by atoms with Gasteiger partial charge < -0.3 is 10.3 Å². The molecule has 2 aliphatic rings. The second-order valence-corrected chi connectivity index (χ2v) is 9.65.